The predicted octanol–water partition coefficient (Wildman–Crippen LogP) is 2.76. The van der Waals surface area contributed by atoms with E-state index in [2.05, 4.69) is 26.8 Å². The minimum absolute atomic E-state index is 0.177. The molecule has 1 atom stereocenters. The molecule has 1 amide bonds. The van der Waals surface area contributed by atoms with E-state index >= 15 is 0 Å². The van der Waals surface area contributed by atoms with Crippen LogP contribution in [0, 0.1) is 11.3 Å². The molecular formula is C21H18N6O. The van der Waals surface area contributed by atoms with Crippen molar-refractivity contribution in [2.45, 2.75) is 19.5 Å². The predicted molar refractivity (Wildman–Crippen MR) is 104 cm³/mol. The number of anilines is 1. The average Bonchev–Trinajstić information content (AvgIpc) is 3.20. The molecule has 28 heavy (non-hydrogen) atoms. The summed E-state index contributed by atoms with van der Waals surface area (Å²) in [5.74, 6) is 0.399. The maximum Gasteiger partial charge on any atom is 0.251 e. The molecule has 0 fully saturated rings. The molecule has 0 radical (unpaired) electrons. The second-order valence-corrected chi connectivity index (χ2v) is 6.50. The quantitative estimate of drug-likeness (QED) is 0.736. The number of carbonyl (C=O) groups is 1. The molecule has 2 heterocycles. The molecule has 0 aliphatic carbocycles. The second-order valence-electron chi connectivity index (χ2n) is 6.50. The number of amides is 1. The first-order valence-electron chi connectivity index (χ1n) is 8.87. The Morgan fingerprint density at radius 2 is 1.96 bits per heavy atom. The molecular weight excluding hydrogens is 352 g/mol. The van der Waals surface area contributed by atoms with Crippen LogP contribution in [0.5, 0.6) is 0 Å². The summed E-state index contributed by atoms with van der Waals surface area (Å²) in [6, 6.07) is 18.6. The van der Waals surface area contributed by atoms with E-state index in [0.29, 0.717) is 23.6 Å². The summed E-state index contributed by atoms with van der Waals surface area (Å²) in [7, 11) is 0. The number of nitrogens with zero attached hydrogens (tertiary/aromatic N) is 4. The largest absolute Gasteiger partial charge is 0.348 e. The van der Waals surface area contributed by atoms with E-state index in [1.54, 1.807) is 16.8 Å². The van der Waals surface area contributed by atoms with Crippen LogP contribution in [-0.4, -0.2) is 20.7 Å². The zero-order valence-electron chi connectivity index (χ0n) is 15.3. The lowest BCUT2D eigenvalue weighted by molar-refractivity contribution is -0.118. The Morgan fingerprint density at radius 3 is 2.68 bits per heavy atom. The van der Waals surface area contributed by atoms with Crippen LogP contribution < -0.4 is 10.6 Å². The Labute approximate surface area is 162 Å². The summed E-state index contributed by atoms with van der Waals surface area (Å²) >= 11 is 0. The van der Waals surface area contributed by atoms with Gasteiger partial charge in [-0.25, -0.2) is 4.68 Å². The van der Waals surface area contributed by atoms with Crippen LogP contribution in [-0.2, 0) is 11.3 Å². The van der Waals surface area contributed by atoms with Crippen molar-refractivity contribution in [1.29, 1.82) is 5.26 Å². The molecule has 4 rings (SSSR count). The Bertz CT molecular complexity index is 1080. The number of allylic oxidation sites excluding steroid dienone is 1. The first kappa shape index (κ1) is 17.5. The zero-order valence-corrected chi connectivity index (χ0v) is 15.3. The van der Waals surface area contributed by atoms with Gasteiger partial charge in [-0.2, -0.15) is 15.3 Å². The highest BCUT2D eigenvalue weighted by Gasteiger charge is 2.33. The minimum atomic E-state index is -0.428. The molecule has 2 N–H and O–H groups in total. The van der Waals surface area contributed by atoms with Gasteiger partial charge in [-0.05, 0) is 30.2 Å². The SMILES string of the molecule is CC1=C(C(=O)NCc2ccccc2)C(c2ccc(C#N)cc2)n2ncnc2N1. The van der Waals surface area contributed by atoms with Crippen LogP contribution in [0.3, 0.4) is 0 Å². The fourth-order valence-electron chi connectivity index (χ4n) is 3.31. The second kappa shape index (κ2) is 7.37. The van der Waals surface area contributed by atoms with E-state index in [9.17, 15) is 4.79 Å². The number of fused-ring (bicyclic) bond motifs is 1. The van der Waals surface area contributed by atoms with Gasteiger partial charge in [0.1, 0.15) is 12.4 Å². The van der Waals surface area contributed by atoms with Gasteiger partial charge in [-0.3, -0.25) is 4.79 Å². The molecule has 138 valence electrons. The van der Waals surface area contributed by atoms with Crippen molar-refractivity contribution >= 4 is 11.9 Å². The van der Waals surface area contributed by atoms with Crippen molar-refractivity contribution in [3.8, 4) is 6.07 Å². The summed E-state index contributed by atoms with van der Waals surface area (Å²) in [5.41, 5.74) is 3.73. The number of nitriles is 1. The Morgan fingerprint density at radius 1 is 1.21 bits per heavy atom. The van der Waals surface area contributed by atoms with Crippen molar-refractivity contribution in [2.24, 2.45) is 0 Å². The Balaban J connectivity index is 1.68. The number of benzene rings is 2. The van der Waals surface area contributed by atoms with Gasteiger partial charge in [0, 0.05) is 12.2 Å². The maximum absolute atomic E-state index is 13.1. The maximum atomic E-state index is 13.1. The van der Waals surface area contributed by atoms with Gasteiger partial charge < -0.3 is 10.6 Å². The highest BCUT2D eigenvalue weighted by Crippen LogP contribution is 2.34. The molecule has 3 aromatic rings. The van der Waals surface area contributed by atoms with Gasteiger partial charge in [0.05, 0.1) is 17.2 Å². The molecule has 2 aromatic carbocycles. The third-order valence-corrected chi connectivity index (χ3v) is 4.69. The summed E-state index contributed by atoms with van der Waals surface area (Å²) in [4.78, 5) is 17.3. The van der Waals surface area contributed by atoms with Gasteiger partial charge in [0.2, 0.25) is 5.95 Å². The fourth-order valence-corrected chi connectivity index (χ4v) is 3.31. The van der Waals surface area contributed by atoms with Crippen molar-refractivity contribution in [2.75, 3.05) is 5.32 Å². The molecule has 0 bridgehead atoms. The van der Waals surface area contributed by atoms with E-state index in [-0.39, 0.29) is 5.91 Å². The van der Waals surface area contributed by atoms with Crippen molar-refractivity contribution in [1.82, 2.24) is 20.1 Å². The number of carbonyl (C=O) groups excluding carboxylic acids is 1. The lowest BCUT2D eigenvalue weighted by Gasteiger charge is -2.28. The molecule has 1 aliphatic heterocycles. The van der Waals surface area contributed by atoms with Crippen molar-refractivity contribution < 1.29 is 4.79 Å². The normalized spacial score (nSPS) is 15.4. The van der Waals surface area contributed by atoms with Crippen LogP contribution in [0.1, 0.15) is 29.7 Å². The molecule has 1 aromatic heterocycles. The van der Waals surface area contributed by atoms with Crippen LogP contribution in [0.25, 0.3) is 0 Å². The standard InChI is InChI=1S/C21H18N6O/c1-14-18(20(28)23-12-16-5-3-2-4-6-16)19(27-21(26-14)24-13-25-27)17-9-7-15(11-22)8-10-17/h2-10,13,19H,12H2,1H3,(H,23,28)(H,24,25,26). The first-order valence-corrected chi connectivity index (χ1v) is 8.87. The van der Waals surface area contributed by atoms with Gasteiger partial charge in [0.25, 0.3) is 5.91 Å². The van der Waals surface area contributed by atoms with Crippen LogP contribution in [0.4, 0.5) is 5.95 Å². The number of nitrogens with one attached hydrogen (secondary N) is 2. The number of rotatable bonds is 4. The smallest absolute Gasteiger partial charge is 0.251 e. The number of hydrogen-bond acceptors (Lipinski definition) is 5. The van der Waals surface area contributed by atoms with Crippen molar-refractivity contribution in [3.05, 3.63) is 88.9 Å². The van der Waals surface area contributed by atoms with E-state index < -0.39 is 6.04 Å². The van der Waals surface area contributed by atoms with Gasteiger partial charge in [-0.1, -0.05) is 42.5 Å². The van der Waals surface area contributed by atoms with E-state index in [0.717, 1.165) is 16.8 Å². The molecule has 0 saturated carbocycles. The van der Waals surface area contributed by atoms with Crippen LogP contribution in [0.15, 0.2) is 72.2 Å². The van der Waals surface area contributed by atoms with E-state index in [4.69, 9.17) is 5.26 Å². The lowest BCUT2D eigenvalue weighted by atomic mass is 9.94. The van der Waals surface area contributed by atoms with Gasteiger partial charge in [-0.15, -0.1) is 0 Å². The third kappa shape index (κ3) is 3.23. The molecule has 1 aliphatic rings. The van der Waals surface area contributed by atoms with Crippen LogP contribution in [0.2, 0.25) is 0 Å². The summed E-state index contributed by atoms with van der Waals surface area (Å²) < 4.78 is 1.69. The highest BCUT2D eigenvalue weighted by molar-refractivity contribution is 5.96. The highest BCUT2D eigenvalue weighted by atomic mass is 16.1. The molecule has 1 unspecified atom stereocenters. The van der Waals surface area contributed by atoms with Gasteiger partial charge in [0.15, 0.2) is 0 Å². The number of hydrogen-bond donors (Lipinski definition) is 2. The summed E-state index contributed by atoms with van der Waals surface area (Å²) in [5, 5.41) is 19.5. The zero-order chi connectivity index (χ0) is 19.5. The van der Waals surface area contributed by atoms with Crippen molar-refractivity contribution in [3.63, 3.8) is 0 Å². The summed E-state index contributed by atoms with van der Waals surface area (Å²) in [6.45, 7) is 2.28. The Kier molecular flexibility index (Phi) is 4.60. The minimum Gasteiger partial charge on any atom is -0.348 e. The molecule has 0 saturated heterocycles. The lowest BCUT2D eigenvalue weighted by Crippen LogP contribution is -2.34. The van der Waals surface area contributed by atoms with Gasteiger partial charge >= 0.3 is 0 Å². The molecule has 7 heteroatoms. The third-order valence-electron chi connectivity index (χ3n) is 4.69. The molecule has 0 spiro atoms. The Hall–Kier alpha value is -3.92. The number of aromatic nitrogens is 3. The monoisotopic (exact) mass is 370 g/mol. The molecule has 7 nitrogen and oxygen atoms in total. The summed E-state index contributed by atoms with van der Waals surface area (Å²) in [6.07, 6.45) is 1.46. The van der Waals surface area contributed by atoms with Crippen LogP contribution >= 0.6 is 0 Å². The van der Waals surface area contributed by atoms with E-state index in [1.165, 1.54) is 6.33 Å². The first-order chi connectivity index (χ1) is 13.7. The fraction of sp³-hybridized carbons (Fsp3) is 0.143. The topological polar surface area (TPSA) is 95.6 Å². The van der Waals surface area contributed by atoms with E-state index in [1.807, 2.05) is 49.4 Å². The average molecular weight is 370 g/mol.